The van der Waals surface area contributed by atoms with Gasteiger partial charge in [0.15, 0.2) is 0 Å². The molecule has 0 aliphatic rings. The van der Waals surface area contributed by atoms with Gasteiger partial charge in [-0.1, -0.05) is 48.4 Å². The Morgan fingerprint density at radius 2 is 1.88 bits per heavy atom. The highest BCUT2D eigenvalue weighted by Crippen LogP contribution is 2.16. The standard InChI is InChI=1S/C15H14O/c1-2-15(16)10-8-12-7-9-13-5-3-4-6-14(13)11-12/h1,3-7,9,11,15-16H,8,10H2/t15-/m1/s1. The van der Waals surface area contributed by atoms with E-state index in [-0.39, 0.29) is 0 Å². The molecule has 0 saturated carbocycles. The Labute approximate surface area is 95.7 Å². The molecule has 0 fully saturated rings. The monoisotopic (exact) mass is 210 g/mol. The van der Waals surface area contributed by atoms with Gasteiger partial charge in [0.05, 0.1) is 0 Å². The van der Waals surface area contributed by atoms with E-state index >= 15 is 0 Å². The quantitative estimate of drug-likeness (QED) is 0.772. The van der Waals surface area contributed by atoms with Crippen LogP contribution in [0.1, 0.15) is 12.0 Å². The lowest BCUT2D eigenvalue weighted by molar-refractivity contribution is 0.222. The van der Waals surface area contributed by atoms with E-state index in [0.29, 0.717) is 6.42 Å². The van der Waals surface area contributed by atoms with E-state index in [1.807, 2.05) is 12.1 Å². The molecule has 0 amide bonds. The summed E-state index contributed by atoms with van der Waals surface area (Å²) in [7, 11) is 0. The van der Waals surface area contributed by atoms with Crippen LogP contribution in [0.15, 0.2) is 42.5 Å². The molecule has 0 aliphatic carbocycles. The molecule has 0 aliphatic heterocycles. The van der Waals surface area contributed by atoms with Crippen LogP contribution >= 0.6 is 0 Å². The number of rotatable bonds is 3. The number of aliphatic hydroxyl groups excluding tert-OH is 1. The van der Waals surface area contributed by atoms with Crippen LogP contribution in [-0.4, -0.2) is 11.2 Å². The number of fused-ring (bicyclic) bond motifs is 1. The van der Waals surface area contributed by atoms with E-state index in [4.69, 9.17) is 6.42 Å². The van der Waals surface area contributed by atoms with Crippen molar-refractivity contribution in [2.24, 2.45) is 0 Å². The Kier molecular flexibility index (Phi) is 3.24. The summed E-state index contributed by atoms with van der Waals surface area (Å²) < 4.78 is 0. The molecule has 1 N–H and O–H groups in total. The van der Waals surface area contributed by atoms with Gasteiger partial charge in [0.2, 0.25) is 0 Å². The Bertz CT molecular complexity index is 522. The van der Waals surface area contributed by atoms with Crippen molar-refractivity contribution in [2.75, 3.05) is 0 Å². The first-order valence-corrected chi connectivity index (χ1v) is 5.41. The number of benzene rings is 2. The Balaban J connectivity index is 2.17. The highest BCUT2D eigenvalue weighted by Gasteiger charge is 2.01. The average molecular weight is 210 g/mol. The van der Waals surface area contributed by atoms with Gasteiger partial charge in [0.25, 0.3) is 0 Å². The van der Waals surface area contributed by atoms with Gasteiger partial charge in [-0.05, 0) is 29.2 Å². The SMILES string of the molecule is C#C[C@@H](O)CCc1ccc2ccccc2c1. The molecule has 2 aromatic carbocycles. The smallest absolute Gasteiger partial charge is 0.114 e. The van der Waals surface area contributed by atoms with Gasteiger partial charge in [-0.3, -0.25) is 0 Å². The number of hydrogen-bond acceptors (Lipinski definition) is 1. The first-order valence-electron chi connectivity index (χ1n) is 5.41. The molecule has 0 radical (unpaired) electrons. The number of hydrogen-bond donors (Lipinski definition) is 1. The predicted molar refractivity (Wildman–Crippen MR) is 67.1 cm³/mol. The number of aliphatic hydroxyl groups is 1. The molecule has 0 spiro atoms. The summed E-state index contributed by atoms with van der Waals surface area (Å²) >= 11 is 0. The largest absolute Gasteiger partial charge is 0.380 e. The second kappa shape index (κ2) is 4.83. The highest BCUT2D eigenvalue weighted by molar-refractivity contribution is 5.82. The molecule has 1 nitrogen and oxygen atoms in total. The number of aryl methyl sites for hydroxylation is 1. The first kappa shape index (κ1) is 10.7. The second-order valence-corrected chi connectivity index (χ2v) is 3.90. The third-order valence-electron chi connectivity index (χ3n) is 2.71. The van der Waals surface area contributed by atoms with Gasteiger partial charge < -0.3 is 5.11 Å². The van der Waals surface area contributed by atoms with Gasteiger partial charge >= 0.3 is 0 Å². The molecule has 0 saturated heterocycles. The van der Waals surface area contributed by atoms with E-state index in [2.05, 4.69) is 36.3 Å². The fraction of sp³-hybridized carbons (Fsp3) is 0.200. The highest BCUT2D eigenvalue weighted by atomic mass is 16.3. The Morgan fingerprint density at radius 1 is 1.12 bits per heavy atom. The van der Waals surface area contributed by atoms with Crippen molar-refractivity contribution in [1.82, 2.24) is 0 Å². The molecule has 2 rings (SSSR count). The van der Waals surface area contributed by atoms with Gasteiger partial charge in [0, 0.05) is 0 Å². The van der Waals surface area contributed by atoms with Crippen molar-refractivity contribution in [3.8, 4) is 12.3 Å². The molecule has 80 valence electrons. The fourth-order valence-corrected chi connectivity index (χ4v) is 1.78. The second-order valence-electron chi connectivity index (χ2n) is 3.90. The van der Waals surface area contributed by atoms with E-state index in [0.717, 1.165) is 6.42 Å². The van der Waals surface area contributed by atoms with Crippen molar-refractivity contribution in [1.29, 1.82) is 0 Å². The van der Waals surface area contributed by atoms with Gasteiger partial charge in [-0.2, -0.15) is 0 Å². The summed E-state index contributed by atoms with van der Waals surface area (Å²) in [4.78, 5) is 0. The van der Waals surface area contributed by atoms with E-state index in [1.54, 1.807) is 0 Å². The van der Waals surface area contributed by atoms with Gasteiger partial charge in [-0.25, -0.2) is 0 Å². The minimum absolute atomic E-state index is 0.620. The minimum Gasteiger partial charge on any atom is -0.380 e. The minimum atomic E-state index is -0.633. The van der Waals surface area contributed by atoms with E-state index in [1.165, 1.54) is 16.3 Å². The van der Waals surface area contributed by atoms with E-state index in [9.17, 15) is 5.11 Å². The lowest BCUT2D eigenvalue weighted by atomic mass is 10.0. The molecule has 0 heterocycles. The summed E-state index contributed by atoms with van der Waals surface area (Å²) in [5, 5.41) is 11.8. The summed E-state index contributed by atoms with van der Waals surface area (Å²) in [5.74, 6) is 2.33. The van der Waals surface area contributed by atoms with Crippen molar-refractivity contribution in [3.63, 3.8) is 0 Å². The molecule has 16 heavy (non-hydrogen) atoms. The zero-order valence-corrected chi connectivity index (χ0v) is 9.06. The van der Waals surface area contributed by atoms with Crippen LogP contribution in [0, 0.1) is 12.3 Å². The summed E-state index contributed by atoms with van der Waals surface area (Å²) in [6, 6.07) is 14.6. The normalized spacial score (nSPS) is 12.2. The van der Waals surface area contributed by atoms with Crippen molar-refractivity contribution < 1.29 is 5.11 Å². The molecule has 0 aromatic heterocycles. The predicted octanol–water partition coefficient (Wildman–Crippen LogP) is 2.77. The van der Waals surface area contributed by atoms with Crippen molar-refractivity contribution in [3.05, 3.63) is 48.0 Å². The van der Waals surface area contributed by atoms with Crippen LogP contribution in [0.5, 0.6) is 0 Å². The number of terminal acetylenes is 1. The zero-order valence-electron chi connectivity index (χ0n) is 9.06. The fourth-order valence-electron chi connectivity index (χ4n) is 1.78. The third kappa shape index (κ3) is 2.42. The summed E-state index contributed by atoms with van der Waals surface area (Å²) in [6.45, 7) is 0. The zero-order chi connectivity index (χ0) is 11.4. The van der Waals surface area contributed by atoms with Gasteiger partial charge in [-0.15, -0.1) is 6.42 Å². The van der Waals surface area contributed by atoms with Crippen LogP contribution in [0.25, 0.3) is 10.8 Å². The molecule has 1 heteroatoms. The topological polar surface area (TPSA) is 20.2 Å². The molecule has 0 unspecified atom stereocenters. The van der Waals surface area contributed by atoms with Crippen LogP contribution < -0.4 is 0 Å². The maximum Gasteiger partial charge on any atom is 0.114 e. The first-order chi connectivity index (χ1) is 7.79. The van der Waals surface area contributed by atoms with Crippen LogP contribution in [-0.2, 0) is 6.42 Å². The summed E-state index contributed by atoms with van der Waals surface area (Å²) in [5.41, 5.74) is 1.22. The molecular formula is C15H14O. The Hall–Kier alpha value is -1.78. The Morgan fingerprint density at radius 3 is 2.62 bits per heavy atom. The third-order valence-corrected chi connectivity index (χ3v) is 2.71. The van der Waals surface area contributed by atoms with Crippen LogP contribution in [0.3, 0.4) is 0 Å². The molecule has 1 atom stereocenters. The molecule has 2 aromatic rings. The lowest BCUT2D eigenvalue weighted by Crippen LogP contribution is -2.03. The average Bonchev–Trinajstić information content (AvgIpc) is 2.35. The van der Waals surface area contributed by atoms with Crippen LogP contribution in [0.4, 0.5) is 0 Å². The molecular weight excluding hydrogens is 196 g/mol. The van der Waals surface area contributed by atoms with E-state index < -0.39 is 6.10 Å². The van der Waals surface area contributed by atoms with Crippen molar-refractivity contribution in [2.45, 2.75) is 18.9 Å². The van der Waals surface area contributed by atoms with Gasteiger partial charge in [0.1, 0.15) is 6.10 Å². The van der Waals surface area contributed by atoms with Crippen molar-refractivity contribution >= 4 is 10.8 Å². The van der Waals surface area contributed by atoms with Crippen LogP contribution in [0.2, 0.25) is 0 Å². The maximum atomic E-state index is 9.30. The lowest BCUT2D eigenvalue weighted by Gasteiger charge is -2.05. The summed E-state index contributed by atoms with van der Waals surface area (Å²) in [6.07, 6.45) is 5.93. The molecule has 0 bridgehead atoms. The maximum absolute atomic E-state index is 9.30.